The minimum absolute atomic E-state index is 0.327. The number of ether oxygens (including phenoxy) is 1. The lowest BCUT2D eigenvalue weighted by Crippen LogP contribution is -2.44. The Kier molecular flexibility index (Phi) is 2.49. The van der Waals surface area contributed by atoms with Gasteiger partial charge in [-0.15, -0.1) is 0 Å². The van der Waals surface area contributed by atoms with Crippen molar-refractivity contribution >= 4 is 6.47 Å². The van der Waals surface area contributed by atoms with E-state index in [2.05, 4.69) is 5.32 Å². The molecular formula is C8H15NO2. The van der Waals surface area contributed by atoms with E-state index in [1.165, 1.54) is 6.42 Å². The average Bonchev–Trinajstić information content (AvgIpc) is 2.37. The molecule has 1 aliphatic rings. The van der Waals surface area contributed by atoms with Crippen molar-refractivity contribution < 1.29 is 9.53 Å². The summed E-state index contributed by atoms with van der Waals surface area (Å²) in [5.41, 5.74) is -0.349. The first kappa shape index (κ1) is 8.53. The van der Waals surface area contributed by atoms with Crippen LogP contribution in [0.2, 0.25) is 0 Å². The Balaban J connectivity index is 2.47. The summed E-state index contributed by atoms with van der Waals surface area (Å²) in [5.74, 6) is 0. The van der Waals surface area contributed by atoms with Gasteiger partial charge in [-0.1, -0.05) is 0 Å². The molecular weight excluding hydrogens is 142 g/mol. The van der Waals surface area contributed by atoms with Gasteiger partial charge in [0.1, 0.15) is 5.60 Å². The Morgan fingerprint density at radius 2 is 2.36 bits per heavy atom. The smallest absolute Gasteiger partial charge is 0.293 e. The molecule has 0 aliphatic carbocycles. The second-order valence-electron chi connectivity index (χ2n) is 3.47. The fourth-order valence-electron chi connectivity index (χ4n) is 1.48. The van der Waals surface area contributed by atoms with E-state index in [1.807, 2.05) is 13.8 Å². The molecule has 3 heteroatoms. The predicted octanol–water partition coefficient (Wildman–Crippen LogP) is 0.690. The maximum Gasteiger partial charge on any atom is 0.293 e. The van der Waals surface area contributed by atoms with Crippen LogP contribution in [0.5, 0.6) is 0 Å². The van der Waals surface area contributed by atoms with Crippen LogP contribution < -0.4 is 5.32 Å². The van der Waals surface area contributed by atoms with Crippen molar-refractivity contribution in [3.8, 4) is 0 Å². The molecule has 0 saturated carbocycles. The van der Waals surface area contributed by atoms with Crippen molar-refractivity contribution in [3.63, 3.8) is 0 Å². The molecule has 0 radical (unpaired) electrons. The van der Waals surface area contributed by atoms with Crippen LogP contribution in [0.1, 0.15) is 26.7 Å². The highest BCUT2D eigenvalue weighted by molar-refractivity contribution is 5.38. The Morgan fingerprint density at radius 1 is 1.64 bits per heavy atom. The average molecular weight is 157 g/mol. The largest absolute Gasteiger partial charge is 0.460 e. The first-order valence-electron chi connectivity index (χ1n) is 4.01. The minimum atomic E-state index is -0.349. The van der Waals surface area contributed by atoms with E-state index >= 15 is 0 Å². The molecule has 1 N–H and O–H groups in total. The molecule has 1 fully saturated rings. The summed E-state index contributed by atoms with van der Waals surface area (Å²) in [4.78, 5) is 10.1. The highest BCUT2D eigenvalue weighted by atomic mass is 16.5. The second kappa shape index (κ2) is 3.22. The molecule has 1 atom stereocenters. The summed E-state index contributed by atoms with van der Waals surface area (Å²) in [7, 11) is 0. The van der Waals surface area contributed by atoms with Gasteiger partial charge in [0, 0.05) is 6.04 Å². The lowest BCUT2D eigenvalue weighted by molar-refractivity contribution is -0.142. The van der Waals surface area contributed by atoms with Gasteiger partial charge < -0.3 is 10.1 Å². The Morgan fingerprint density at radius 3 is 2.82 bits per heavy atom. The molecule has 0 amide bonds. The van der Waals surface area contributed by atoms with Crippen LogP contribution in [0, 0.1) is 0 Å². The third kappa shape index (κ3) is 1.93. The third-order valence-corrected chi connectivity index (χ3v) is 2.25. The number of rotatable bonds is 3. The van der Waals surface area contributed by atoms with E-state index in [9.17, 15) is 4.79 Å². The first-order chi connectivity index (χ1) is 5.17. The van der Waals surface area contributed by atoms with Crippen molar-refractivity contribution in [2.45, 2.75) is 38.3 Å². The van der Waals surface area contributed by atoms with Crippen molar-refractivity contribution in [2.24, 2.45) is 0 Å². The van der Waals surface area contributed by atoms with Crippen LogP contribution in [0.25, 0.3) is 0 Å². The molecule has 1 heterocycles. The Labute approximate surface area is 67.1 Å². The van der Waals surface area contributed by atoms with Crippen LogP contribution in [-0.2, 0) is 9.53 Å². The lowest BCUT2D eigenvalue weighted by atomic mass is 9.97. The van der Waals surface area contributed by atoms with Gasteiger partial charge in [0.05, 0.1) is 0 Å². The first-order valence-corrected chi connectivity index (χ1v) is 4.01. The normalized spacial score (nSPS) is 25.1. The monoisotopic (exact) mass is 157 g/mol. The molecule has 0 aromatic heterocycles. The highest BCUT2D eigenvalue weighted by Crippen LogP contribution is 2.21. The molecule has 1 unspecified atom stereocenters. The van der Waals surface area contributed by atoms with Crippen LogP contribution in [0.15, 0.2) is 0 Å². The standard InChI is InChI=1S/C8H15NO2/c1-8(2,11-6-10)7-4-3-5-9-7/h6-7,9H,3-5H2,1-2H3. The molecule has 64 valence electrons. The van der Waals surface area contributed by atoms with Gasteiger partial charge in [0.2, 0.25) is 0 Å². The van der Waals surface area contributed by atoms with E-state index < -0.39 is 0 Å². The molecule has 3 nitrogen and oxygen atoms in total. The molecule has 0 bridgehead atoms. The van der Waals surface area contributed by atoms with Gasteiger partial charge in [-0.3, -0.25) is 4.79 Å². The summed E-state index contributed by atoms with van der Waals surface area (Å²) < 4.78 is 4.97. The minimum Gasteiger partial charge on any atom is -0.460 e. The number of nitrogens with one attached hydrogen (secondary N) is 1. The van der Waals surface area contributed by atoms with Crippen molar-refractivity contribution in [1.29, 1.82) is 0 Å². The molecule has 1 rings (SSSR count). The van der Waals surface area contributed by atoms with E-state index in [1.54, 1.807) is 0 Å². The topological polar surface area (TPSA) is 38.3 Å². The summed E-state index contributed by atoms with van der Waals surface area (Å²) in [5, 5.41) is 3.30. The van der Waals surface area contributed by atoms with E-state index in [0.29, 0.717) is 12.5 Å². The van der Waals surface area contributed by atoms with Gasteiger partial charge in [0.25, 0.3) is 6.47 Å². The second-order valence-corrected chi connectivity index (χ2v) is 3.47. The maximum atomic E-state index is 10.1. The molecule has 11 heavy (non-hydrogen) atoms. The summed E-state index contributed by atoms with van der Waals surface area (Å²) in [6.45, 7) is 5.44. The number of hydrogen-bond acceptors (Lipinski definition) is 3. The zero-order valence-electron chi connectivity index (χ0n) is 7.09. The number of carbonyl (C=O) groups is 1. The quantitative estimate of drug-likeness (QED) is 0.612. The summed E-state index contributed by atoms with van der Waals surface area (Å²) in [6.07, 6.45) is 2.27. The predicted molar refractivity (Wildman–Crippen MR) is 42.3 cm³/mol. The molecule has 1 saturated heterocycles. The van der Waals surface area contributed by atoms with Crippen molar-refractivity contribution in [1.82, 2.24) is 5.32 Å². The van der Waals surface area contributed by atoms with Gasteiger partial charge in [0.15, 0.2) is 0 Å². The Hall–Kier alpha value is -0.570. The van der Waals surface area contributed by atoms with E-state index in [-0.39, 0.29) is 5.60 Å². The van der Waals surface area contributed by atoms with E-state index in [4.69, 9.17) is 4.74 Å². The van der Waals surface area contributed by atoms with Gasteiger partial charge in [-0.25, -0.2) is 0 Å². The maximum absolute atomic E-state index is 10.1. The van der Waals surface area contributed by atoms with E-state index in [0.717, 1.165) is 13.0 Å². The third-order valence-electron chi connectivity index (χ3n) is 2.25. The lowest BCUT2D eigenvalue weighted by Gasteiger charge is -2.29. The fraction of sp³-hybridized carbons (Fsp3) is 0.875. The molecule has 0 aromatic rings. The molecule has 0 aromatic carbocycles. The van der Waals surface area contributed by atoms with Gasteiger partial charge in [-0.05, 0) is 33.2 Å². The SMILES string of the molecule is CC(C)(OC=O)C1CCCN1. The molecule has 1 aliphatic heterocycles. The zero-order valence-corrected chi connectivity index (χ0v) is 7.09. The number of carbonyl (C=O) groups excluding carboxylic acids is 1. The van der Waals surface area contributed by atoms with Crippen molar-refractivity contribution in [3.05, 3.63) is 0 Å². The molecule has 0 spiro atoms. The zero-order chi connectivity index (χ0) is 8.32. The summed E-state index contributed by atoms with van der Waals surface area (Å²) in [6, 6.07) is 0.327. The summed E-state index contributed by atoms with van der Waals surface area (Å²) >= 11 is 0. The van der Waals surface area contributed by atoms with Gasteiger partial charge >= 0.3 is 0 Å². The van der Waals surface area contributed by atoms with Crippen LogP contribution in [0.4, 0.5) is 0 Å². The fourth-order valence-corrected chi connectivity index (χ4v) is 1.48. The highest BCUT2D eigenvalue weighted by Gasteiger charge is 2.32. The van der Waals surface area contributed by atoms with Crippen LogP contribution in [-0.4, -0.2) is 24.7 Å². The number of hydrogen-bond donors (Lipinski definition) is 1. The van der Waals surface area contributed by atoms with Crippen LogP contribution >= 0.6 is 0 Å². The Bertz CT molecular complexity index is 139. The van der Waals surface area contributed by atoms with Crippen LogP contribution in [0.3, 0.4) is 0 Å². The van der Waals surface area contributed by atoms with Gasteiger partial charge in [-0.2, -0.15) is 0 Å². The van der Waals surface area contributed by atoms with Crippen molar-refractivity contribution in [2.75, 3.05) is 6.54 Å².